The normalized spacial score (nSPS) is 12.0. The Balaban J connectivity index is 1.51. The Morgan fingerprint density at radius 1 is 1.00 bits per heavy atom. The molecular formula is C26H22N2O3S. The average Bonchev–Trinajstić information content (AvgIpc) is 3.29. The van der Waals surface area contributed by atoms with Gasteiger partial charge in [0.15, 0.2) is 16.5 Å². The molecule has 5 nitrogen and oxygen atoms in total. The van der Waals surface area contributed by atoms with Gasteiger partial charge in [0.2, 0.25) is 0 Å². The topological polar surface area (TPSA) is 52.8 Å². The van der Waals surface area contributed by atoms with Crippen molar-refractivity contribution in [2.75, 3.05) is 7.11 Å². The van der Waals surface area contributed by atoms with Crippen LogP contribution in [0.3, 0.4) is 0 Å². The number of ether oxygens (including phenoxy) is 2. The van der Waals surface area contributed by atoms with Gasteiger partial charge in [0.25, 0.3) is 5.56 Å². The highest BCUT2D eigenvalue weighted by molar-refractivity contribution is 7.15. The van der Waals surface area contributed by atoms with E-state index in [1.807, 2.05) is 73.7 Å². The number of fused-ring (bicyclic) bond motifs is 3. The second-order valence-electron chi connectivity index (χ2n) is 7.76. The summed E-state index contributed by atoms with van der Waals surface area (Å²) in [4.78, 5) is 18.5. The van der Waals surface area contributed by atoms with Crippen LogP contribution in [0.5, 0.6) is 11.5 Å². The van der Waals surface area contributed by atoms with Gasteiger partial charge in [0.05, 0.1) is 22.7 Å². The zero-order valence-electron chi connectivity index (χ0n) is 18.1. The molecule has 0 spiro atoms. The Kier molecular flexibility index (Phi) is 5.15. The van der Waals surface area contributed by atoms with Gasteiger partial charge in [0, 0.05) is 0 Å². The van der Waals surface area contributed by atoms with Crippen LogP contribution >= 0.6 is 11.3 Å². The maximum atomic E-state index is 13.1. The molecule has 0 aliphatic rings. The molecule has 2 heterocycles. The minimum atomic E-state index is -0.0564. The molecule has 0 unspecified atom stereocenters. The fraction of sp³-hybridized carbons (Fsp3) is 0.154. The maximum Gasteiger partial charge on any atom is 0.274 e. The smallest absolute Gasteiger partial charge is 0.274 e. The number of aromatic nitrogens is 2. The third-order valence-corrected chi connectivity index (χ3v) is 6.55. The summed E-state index contributed by atoms with van der Waals surface area (Å²) in [6.07, 6.45) is 1.87. The minimum absolute atomic E-state index is 0.0564. The molecule has 0 aliphatic carbocycles. The predicted octanol–water partition coefficient (Wildman–Crippen LogP) is 4.66. The summed E-state index contributed by atoms with van der Waals surface area (Å²) >= 11 is 1.39. The lowest BCUT2D eigenvalue weighted by Gasteiger charge is -2.11. The molecule has 0 atom stereocenters. The number of benzene rings is 3. The molecule has 32 heavy (non-hydrogen) atoms. The largest absolute Gasteiger partial charge is 0.493 e. The zero-order chi connectivity index (χ0) is 22.2. The van der Waals surface area contributed by atoms with Crippen molar-refractivity contribution in [2.24, 2.45) is 0 Å². The molecule has 0 radical (unpaired) electrons. The van der Waals surface area contributed by atoms with Crippen molar-refractivity contribution in [1.29, 1.82) is 0 Å². The fourth-order valence-electron chi connectivity index (χ4n) is 3.70. The van der Waals surface area contributed by atoms with Crippen molar-refractivity contribution in [3.8, 4) is 11.5 Å². The Morgan fingerprint density at radius 3 is 2.56 bits per heavy atom. The third-order valence-electron chi connectivity index (χ3n) is 5.58. The summed E-state index contributed by atoms with van der Waals surface area (Å²) in [5, 5.41) is 0. The van der Waals surface area contributed by atoms with Crippen molar-refractivity contribution in [1.82, 2.24) is 9.38 Å². The lowest BCUT2D eigenvalue weighted by Crippen LogP contribution is -2.22. The van der Waals surface area contributed by atoms with Gasteiger partial charge in [-0.25, -0.2) is 9.38 Å². The highest BCUT2D eigenvalue weighted by Crippen LogP contribution is 2.29. The highest BCUT2D eigenvalue weighted by atomic mass is 32.1. The Hall–Kier alpha value is -3.64. The number of hydrogen-bond acceptors (Lipinski definition) is 5. The Labute approximate surface area is 189 Å². The van der Waals surface area contributed by atoms with Crippen LogP contribution in [0.1, 0.15) is 22.3 Å². The lowest BCUT2D eigenvalue weighted by molar-refractivity contribution is 0.284. The van der Waals surface area contributed by atoms with E-state index in [-0.39, 0.29) is 5.56 Å². The third kappa shape index (κ3) is 3.63. The summed E-state index contributed by atoms with van der Waals surface area (Å²) in [5.74, 6) is 1.29. The molecule has 0 amide bonds. The first-order valence-electron chi connectivity index (χ1n) is 10.3. The predicted molar refractivity (Wildman–Crippen MR) is 129 cm³/mol. The summed E-state index contributed by atoms with van der Waals surface area (Å²) in [5.41, 5.74) is 5.91. The van der Waals surface area contributed by atoms with Crippen LogP contribution in [0.25, 0.3) is 22.1 Å². The van der Waals surface area contributed by atoms with E-state index in [1.165, 1.54) is 16.9 Å². The van der Waals surface area contributed by atoms with E-state index in [0.29, 0.717) is 27.6 Å². The van der Waals surface area contributed by atoms with Gasteiger partial charge < -0.3 is 9.47 Å². The molecule has 0 N–H and O–H groups in total. The number of rotatable bonds is 5. The van der Waals surface area contributed by atoms with Crippen LogP contribution in [0.4, 0.5) is 0 Å². The summed E-state index contributed by atoms with van der Waals surface area (Å²) in [6.45, 7) is 4.56. The average molecular weight is 443 g/mol. The summed E-state index contributed by atoms with van der Waals surface area (Å²) < 4.78 is 13.8. The summed E-state index contributed by atoms with van der Waals surface area (Å²) in [6, 6.07) is 19.7. The standard InChI is InChI=1S/C26H22N2O3S/c1-16-11-20-21(12-17(16)2)28-25(29)24(32-26(28)27-20)14-19-9-10-22(23(13-19)30-3)31-15-18-7-5-4-6-8-18/h4-14H,15H2,1-3H3/b24-14-. The number of aryl methyl sites for hydroxylation is 2. The monoisotopic (exact) mass is 442 g/mol. The molecule has 5 aromatic rings. The van der Waals surface area contributed by atoms with Crippen LogP contribution in [-0.4, -0.2) is 16.5 Å². The van der Waals surface area contributed by atoms with Gasteiger partial charge in [-0.15, -0.1) is 0 Å². The van der Waals surface area contributed by atoms with Gasteiger partial charge in [-0.1, -0.05) is 47.7 Å². The van der Waals surface area contributed by atoms with Crippen LogP contribution in [0.15, 0.2) is 65.5 Å². The lowest BCUT2D eigenvalue weighted by atomic mass is 10.1. The Bertz CT molecular complexity index is 1550. The molecule has 0 saturated heterocycles. The van der Waals surface area contributed by atoms with E-state index < -0.39 is 0 Å². The van der Waals surface area contributed by atoms with Crippen LogP contribution in [0.2, 0.25) is 0 Å². The first-order chi connectivity index (χ1) is 15.5. The SMILES string of the molecule is COc1cc(/C=c2\sc3nc4cc(C)c(C)cc4n3c2=O)ccc1OCc1ccccc1. The highest BCUT2D eigenvalue weighted by Gasteiger charge is 2.13. The van der Waals surface area contributed by atoms with Gasteiger partial charge in [-0.3, -0.25) is 4.79 Å². The zero-order valence-corrected chi connectivity index (χ0v) is 18.9. The molecule has 2 aromatic heterocycles. The van der Waals surface area contributed by atoms with E-state index >= 15 is 0 Å². The molecule has 3 aromatic carbocycles. The molecule has 0 saturated carbocycles. The van der Waals surface area contributed by atoms with Crippen molar-refractivity contribution < 1.29 is 9.47 Å². The van der Waals surface area contributed by atoms with Crippen LogP contribution in [-0.2, 0) is 6.61 Å². The van der Waals surface area contributed by atoms with E-state index in [2.05, 4.69) is 11.9 Å². The van der Waals surface area contributed by atoms with E-state index in [0.717, 1.165) is 27.7 Å². The fourth-order valence-corrected chi connectivity index (χ4v) is 4.69. The number of thiazole rings is 1. The maximum absolute atomic E-state index is 13.1. The molecular weight excluding hydrogens is 420 g/mol. The second-order valence-corrected chi connectivity index (χ2v) is 8.76. The van der Waals surface area contributed by atoms with Gasteiger partial charge >= 0.3 is 0 Å². The summed E-state index contributed by atoms with van der Waals surface area (Å²) in [7, 11) is 1.61. The first kappa shape index (κ1) is 20.3. The van der Waals surface area contributed by atoms with E-state index in [9.17, 15) is 4.79 Å². The molecule has 0 aliphatic heterocycles. The Morgan fingerprint density at radius 2 is 1.78 bits per heavy atom. The molecule has 5 rings (SSSR count). The minimum Gasteiger partial charge on any atom is -0.493 e. The van der Waals surface area contributed by atoms with Gasteiger partial charge in [-0.2, -0.15) is 0 Å². The molecule has 6 heteroatoms. The van der Waals surface area contributed by atoms with Gasteiger partial charge in [0.1, 0.15) is 6.61 Å². The van der Waals surface area contributed by atoms with E-state index in [1.54, 1.807) is 11.5 Å². The van der Waals surface area contributed by atoms with Crippen molar-refractivity contribution in [3.05, 3.63) is 97.8 Å². The molecule has 0 fully saturated rings. The second kappa shape index (κ2) is 8.13. The van der Waals surface area contributed by atoms with Crippen LogP contribution < -0.4 is 19.6 Å². The molecule has 0 bridgehead atoms. The number of methoxy groups -OCH3 is 1. The quantitative estimate of drug-likeness (QED) is 0.397. The van der Waals surface area contributed by atoms with Crippen molar-refractivity contribution >= 4 is 33.4 Å². The number of hydrogen-bond donors (Lipinski definition) is 0. The van der Waals surface area contributed by atoms with Crippen LogP contribution in [0, 0.1) is 13.8 Å². The van der Waals surface area contributed by atoms with Gasteiger partial charge in [-0.05, 0) is 66.4 Å². The van der Waals surface area contributed by atoms with Crippen molar-refractivity contribution in [2.45, 2.75) is 20.5 Å². The number of imidazole rings is 1. The molecule has 160 valence electrons. The first-order valence-corrected chi connectivity index (χ1v) is 11.1. The number of nitrogens with zero attached hydrogens (tertiary/aromatic N) is 2. The van der Waals surface area contributed by atoms with E-state index in [4.69, 9.17) is 9.47 Å². The van der Waals surface area contributed by atoms with Crippen molar-refractivity contribution in [3.63, 3.8) is 0 Å².